The van der Waals surface area contributed by atoms with Crippen LogP contribution in [0.2, 0.25) is 0 Å². The Hall–Kier alpha value is -2.49. The van der Waals surface area contributed by atoms with Gasteiger partial charge in [0.2, 0.25) is 5.78 Å². The first-order chi connectivity index (χ1) is 16.5. The number of aliphatic hydroxyl groups excluding tert-OH is 2. The number of aromatic hydroxyl groups is 1. The van der Waals surface area contributed by atoms with Crippen LogP contribution in [-0.4, -0.2) is 83.2 Å². The summed E-state index contributed by atoms with van der Waals surface area (Å²) in [5.41, 5.74) is 1.66. The van der Waals surface area contributed by atoms with Gasteiger partial charge < -0.3 is 26.2 Å². The Balaban J connectivity index is 1.96. The maximum atomic E-state index is 13.7. The number of nitrogens with two attached hydrogens (primary N) is 1. The fourth-order valence-electron chi connectivity index (χ4n) is 5.72. The van der Waals surface area contributed by atoms with E-state index in [-0.39, 0.29) is 29.5 Å². The quantitative estimate of drug-likeness (QED) is 0.227. The van der Waals surface area contributed by atoms with Crippen molar-refractivity contribution in [3.05, 3.63) is 49.0 Å². The number of benzene rings is 1. The molecule has 1 aromatic rings. The number of hydrogen-bond donors (Lipinski definition) is 5. The number of halogens is 1. The summed E-state index contributed by atoms with van der Waals surface area (Å²) in [6, 6.07) is 0.414. The maximum Gasteiger partial charge on any atom is 0.255 e. The number of sulfone groups is 1. The van der Waals surface area contributed by atoms with E-state index in [1.807, 2.05) is 22.6 Å². The van der Waals surface area contributed by atoms with E-state index in [1.165, 1.54) is 11.0 Å². The predicted octanol–water partition coefficient (Wildman–Crippen LogP) is 0.270. The third kappa shape index (κ3) is 3.74. The van der Waals surface area contributed by atoms with Gasteiger partial charge in [-0.1, -0.05) is 0 Å². The summed E-state index contributed by atoms with van der Waals surface area (Å²) < 4.78 is 24.2. The van der Waals surface area contributed by atoms with Crippen LogP contribution in [0.4, 0.5) is 0 Å². The topological polar surface area (TPSA) is 196 Å². The van der Waals surface area contributed by atoms with E-state index in [2.05, 4.69) is 0 Å². The highest BCUT2D eigenvalue weighted by Gasteiger charge is 2.63. The monoisotopic (exact) mass is 632 g/mol. The van der Waals surface area contributed by atoms with Crippen molar-refractivity contribution < 1.29 is 43.2 Å². The normalized spacial score (nSPS) is 28.2. The SMILES string of the molecule is CN(C)[C@@H]1C(O)=C(C(N)=O)C(=O)[C@@]2(O)C(O)=C3C(=O)c4c(O)c(CS(C)(=O)=O)cc(I)c4C[C@H]3C[C@@H]12. The molecule has 1 aromatic carbocycles. The van der Waals surface area contributed by atoms with Crippen molar-refractivity contribution in [1.29, 1.82) is 0 Å². The number of carbonyl (C=O) groups is 3. The molecule has 0 saturated heterocycles. The van der Waals surface area contributed by atoms with E-state index in [4.69, 9.17) is 5.73 Å². The lowest BCUT2D eigenvalue weighted by Gasteiger charge is -2.50. The van der Waals surface area contributed by atoms with Gasteiger partial charge in [-0.2, -0.15) is 0 Å². The molecule has 0 heterocycles. The second kappa shape index (κ2) is 8.53. The van der Waals surface area contributed by atoms with Crippen LogP contribution in [0.15, 0.2) is 28.7 Å². The molecule has 1 amide bonds. The van der Waals surface area contributed by atoms with Crippen molar-refractivity contribution >= 4 is 49.9 Å². The van der Waals surface area contributed by atoms with E-state index >= 15 is 0 Å². The molecule has 4 rings (SSSR count). The number of hydrogen-bond acceptors (Lipinski definition) is 10. The Labute approximate surface area is 220 Å². The molecular weight excluding hydrogens is 607 g/mol. The van der Waals surface area contributed by atoms with Crippen LogP contribution in [0.1, 0.15) is 27.9 Å². The molecule has 13 heteroatoms. The fourth-order valence-corrected chi connectivity index (χ4v) is 7.37. The number of likely N-dealkylation sites (N-methyl/N-ethyl adjacent to an activating group) is 1. The summed E-state index contributed by atoms with van der Waals surface area (Å²) in [5.74, 6) is -7.95. The Morgan fingerprint density at radius 2 is 1.86 bits per heavy atom. The van der Waals surface area contributed by atoms with E-state index < -0.39 is 79.4 Å². The first-order valence-corrected chi connectivity index (χ1v) is 14.0. The van der Waals surface area contributed by atoms with Gasteiger partial charge in [-0.3, -0.25) is 19.3 Å². The van der Waals surface area contributed by atoms with E-state index in [0.717, 1.165) is 6.26 Å². The third-order valence-corrected chi connectivity index (χ3v) is 8.96. The van der Waals surface area contributed by atoms with Gasteiger partial charge in [-0.25, -0.2) is 8.42 Å². The minimum absolute atomic E-state index is 0.00484. The molecule has 0 aliphatic heterocycles. The summed E-state index contributed by atoms with van der Waals surface area (Å²) >= 11 is 1.94. The van der Waals surface area contributed by atoms with Crippen molar-refractivity contribution in [3.8, 4) is 5.75 Å². The Bertz CT molecular complexity index is 1410. The molecule has 36 heavy (non-hydrogen) atoms. The zero-order chi connectivity index (χ0) is 27.1. The summed E-state index contributed by atoms with van der Waals surface area (Å²) in [6.07, 6.45) is 1.10. The first kappa shape index (κ1) is 26.6. The lowest BCUT2D eigenvalue weighted by molar-refractivity contribution is -0.148. The van der Waals surface area contributed by atoms with Gasteiger partial charge in [-0.05, 0) is 67.1 Å². The fraction of sp³-hybridized carbons (Fsp3) is 0.435. The number of amides is 1. The third-order valence-electron chi connectivity index (χ3n) is 7.16. The number of ketones is 2. The zero-order valence-electron chi connectivity index (χ0n) is 19.6. The average molecular weight is 632 g/mol. The molecule has 0 unspecified atom stereocenters. The Morgan fingerprint density at radius 1 is 1.25 bits per heavy atom. The summed E-state index contributed by atoms with van der Waals surface area (Å²) in [5, 5.41) is 44.4. The number of allylic oxidation sites excluding steroid dienone is 1. The maximum absolute atomic E-state index is 13.7. The Kier molecular flexibility index (Phi) is 6.30. The molecule has 194 valence electrons. The number of phenolic OH excluding ortho intramolecular Hbond substituents is 1. The number of fused-ring (bicyclic) bond motifs is 3. The average Bonchev–Trinajstić information content (AvgIpc) is 2.72. The van der Waals surface area contributed by atoms with Crippen molar-refractivity contribution in [2.45, 2.75) is 30.2 Å². The molecule has 0 bridgehead atoms. The van der Waals surface area contributed by atoms with Crippen LogP contribution in [-0.2, 0) is 31.6 Å². The molecule has 0 spiro atoms. The van der Waals surface area contributed by atoms with Crippen LogP contribution in [0.3, 0.4) is 0 Å². The van der Waals surface area contributed by atoms with Crippen molar-refractivity contribution in [2.24, 2.45) is 17.6 Å². The van der Waals surface area contributed by atoms with Gasteiger partial charge in [0.05, 0.1) is 17.4 Å². The largest absolute Gasteiger partial charge is 0.510 e. The molecule has 0 aromatic heterocycles. The minimum atomic E-state index is -3.56. The van der Waals surface area contributed by atoms with Gasteiger partial charge >= 0.3 is 0 Å². The lowest BCUT2D eigenvalue weighted by Crippen LogP contribution is -2.63. The van der Waals surface area contributed by atoms with E-state index in [0.29, 0.717) is 9.13 Å². The second-order valence-electron chi connectivity index (χ2n) is 9.75. The number of aliphatic hydroxyl groups is 3. The molecule has 3 aliphatic rings. The van der Waals surface area contributed by atoms with Crippen molar-refractivity contribution in [1.82, 2.24) is 4.90 Å². The van der Waals surface area contributed by atoms with Crippen LogP contribution < -0.4 is 5.73 Å². The number of phenols is 1. The smallest absolute Gasteiger partial charge is 0.255 e. The highest BCUT2D eigenvalue weighted by Crippen LogP contribution is 2.52. The predicted molar refractivity (Wildman–Crippen MR) is 135 cm³/mol. The summed E-state index contributed by atoms with van der Waals surface area (Å²) in [7, 11) is -0.453. The first-order valence-electron chi connectivity index (χ1n) is 10.9. The van der Waals surface area contributed by atoms with E-state index in [1.54, 1.807) is 14.1 Å². The van der Waals surface area contributed by atoms with Crippen molar-refractivity contribution in [3.63, 3.8) is 0 Å². The van der Waals surface area contributed by atoms with Gasteiger partial charge in [0.1, 0.15) is 22.8 Å². The molecule has 3 aliphatic carbocycles. The van der Waals surface area contributed by atoms with Gasteiger partial charge in [-0.15, -0.1) is 0 Å². The molecule has 6 N–H and O–H groups in total. The van der Waals surface area contributed by atoms with Gasteiger partial charge in [0, 0.05) is 26.9 Å². The highest BCUT2D eigenvalue weighted by molar-refractivity contribution is 14.1. The number of nitrogens with zero attached hydrogens (tertiary/aromatic N) is 1. The highest BCUT2D eigenvalue weighted by atomic mass is 127. The lowest BCUT2D eigenvalue weighted by atomic mass is 9.58. The van der Waals surface area contributed by atoms with Crippen LogP contribution in [0.25, 0.3) is 0 Å². The number of carbonyl (C=O) groups excluding carboxylic acids is 3. The summed E-state index contributed by atoms with van der Waals surface area (Å²) in [6.45, 7) is 0. The molecule has 11 nitrogen and oxygen atoms in total. The minimum Gasteiger partial charge on any atom is -0.510 e. The number of primary amides is 1. The second-order valence-corrected chi connectivity index (χ2v) is 13.1. The molecule has 4 atom stereocenters. The Morgan fingerprint density at radius 3 is 2.39 bits per heavy atom. The molecule has 0 radical (unpaired) electrons. The van der Waals surface area contributed by atoms with Gasteiger partial charge in [0.15, 0.2) is 21.2 Å². The molecular formula is C23H25IN2O9S. The van der Waals surface area contributed by atoms with Gasteiger partial charge in [0.25, 0.3) is 5.91 Å². The van der Waals surface area contributed by atoms with Crippen molar-refractivity contribution in [2.75, 3.05) is 20.4 Å². The standard InChI is InChI=1S/C23H25IN2O9S/c1-26(2)16-11-5-8-4-10-12(24)6-9(7-36(3,34)35)17(27)14(10)18(28)13(8)20(30)23(11,33)21(31)15(19(16)29)22(25)32/h6,8,11,16,27,29-30,33H,4-5,7H2,1-3H3,(H2,25,32)/t8-,11-,16-,23-/m0/s1. The number of rotatable bonds is 4. The van der Waals surface area contributed by atoms with E-state index in [9.17, 15) is 43.2 Å². The molecule has 0 saturated carbocycles. The molecule has 0 fully saturated rings. The van der Waals surface area contributed by atoms with Crippen LogP contribution in [0.5, 0.6) is 5.75 Å². The number of Topliss-reactive ketones (excluding diaryl/α,β-unsaturated/α-hetero) is 2. The van der Waals surface area contributed by atoms with Crippen LogP contribution >= 0.6 is 22.6 Å². The summed E-state index contributed by atoms with van der Waals surface area (Å²) in [4.78, 5) is 40.4. The van der Waals surface area contributed by atoms with Crippen LogP contribution in [0, 0.1) is 15.4 Å². The zero-order valence-corrected chi connectivity index (χ0v) is 22.5.